The average Bonchev–Trinajstić information content (AvgIpc) is 3.82. The number of hydrogen-bond acceptors (Lipinski definition) is 1. The Balaban J connectivity index is 0.941. The molecule has 57 heavy (non-hydrogen) atoms. The van der Waals surface area contributed by atoms with Crippen LogP contribution in [0.5, 0.6) is 0 Å². The summed E-state index contributed by atoms with van der Waals surface area (Å²) in [5.41, 5.74) is 19.0. The zero-order valence-corrected chi connectivity index (χ0v) is 32.0. The molecule has 9 aromatic rings. The average molecular weight is 726 g/mol. The van der Waals surface area contributed by atoms with E-state index in [9.17, 15) is 0 Å². The monoisotopic (exact) mass is 725 g/mol. The van der Waals surface area contributed by atoms with Gasteiger partial charge in [0.15, 0.2) is 0 Å². The van der Waals surface area contributed by atoms with Crippen LogP contribution in [0.1, 0.15) is 58.4 Å². The van der Waals surface area contributed by atoms with Gasteiger partial charge in [-0.1, -0.05) is 172 Å². The van der Waals surface area contributed by atoms with Gasteiger partial charge in [-0.3, -0.25) is 0 Å². The standard InChI is InChI=1S/C56H39N/c1-55(2)51-22-12-13-38-27-28-39-33-37(34-52(55)54(39)53(38)51)24-23-36-25-29-41(30-26-36)57(40-14-4-3-5-15-40)42-31-32-50-46(35-42)45-18-8-11-21-49(45)56(50)47-19-9-6-16-43(47)44-17-7-10-20-48(44)56/h3-35H,1-2H3. The van der Waals surface area contributed by atoms with E-state index in [1.54, 1.807) is 0 Å². The van der Waals surface area contributed by atoms with E-state index in [4.69, 9.17) is 0 Å². The molecule has 1 spiro atoms. The largest absolute Gasteiger partial charge is 0.310 e. The van der Waals surface area contributed by atoms with E-state index in [0.29, 0.717) is 0 Å². The lowest BCUT2D eigenvalue weighted by molar-refractivity contribution is 0.662. The van der Waals surface area contributed by atoms with Gasteiger partial charge in [0.05, 0.1) is 5.41 Å². The topological polar surface area (TPSA) is 3.24 Å². The van der Waals surface area contributed by atoms with E-state index in [1.807, 2.05) is 0 Å². The van der Waals surface area contributed by atoms with Gasteiger partial charge >= 0.3 is 0 Å². The number of benzene rings is 9. The van der Waals surface area contributed by atoms with Gasteiger partial charge in [-0.05, 0) is 131 Å². The Labute approximate surface area is 333 Å². The first-order valence-corrected chi connectivity index (χ1v) is 20.1. The molecule has 0 radical (unpaired) electrons. The van der Waals surface area contributed by atoms with Gasteiger partial charge < -0.3 is 4.90 Å². The highest BCUT2D eigenvalue weighted by Gasteiger charge is 2.51. The maximum Gasteiger partial charge on any atom is 0.0725 e. The van der Waals surface area contributed by atoms with Crippen molar-refractivity contribution in [3.8, 4) is 22.3 Å². The van der Waals surface area contributed by atoms with E-state index in [-0.39, 0.29) is 10.8 Å². The third kappa shape index (κ3) is 4.40. The maximum atomic E-state index is 2.42. The third-order valence-corrected chi connectivity index (χ3v) is 13.2. The zero-order valence-electron chi connectivity index (χ0n) is 32.0. The van der Waals surface area contributed by atoms with Crippen LogP contribution in [0.15, 0.2) is 188 Å². The molecule has 0 unspecified atom stereocenters. The second kappa shape index (κ2) is 11.8. The fourth-order valence-electron chi connectivity index (χ4n) is 10.7. The van der Waals surface area contributed by atoms with Crippen molar-refractivity contribution >= 4 is 50.8 Å². The molecule has 0 fully saturated rings. The first-order chi connectivity index (χ1) is 28.0. The summed E-state index contributed by atoms with van der Waals surface area (Å²) in [5, 5.41) is 5.48. The minimum absolute atomic E-state index is 0.0276. The van der Waals surface area contributed by atoms with Crippen molar-refractivity contribution in [1.29, 1.82) is 0 Å². The van der Waals surface area contributed by atoms with Crippen LogP contribution < -0.4 is 4.90 Å². The molecule has 0 amide bonds. The lowest BCUT2D eigenvalue weighted by atomic mass is 9.70. The molecule has 9 aromatic carbocycles. The van der Waals surface area contributed by atoms with Gasteiger partial charge in [0.25, 0.3) is 0 Å². The molecule has 0 bridgehead atoms. The molecule has 3 aliphatic rings. The Morgan fingerprint density at radius 3 is 1.58 bits per heavy atom. The summed E-state index contributed by atoms with van der Waals surface area (Å²) in [6, 6.07) is 70.1. The molecule has 0 saturated carbocycles. The van der Waals surface area contributed by atoms with Crippen molar-refractivity contribution in [2.75, 3.05) is 4.90 Å². The highest BCUT2D eigenvalue weighted by molar-refractivity contribution is 6.15. The molecule has 0 N–H and O–H groups in total. The summed E-state index contributed by atoms with van der Waals surface area (Å²) in [6.07, 6.45) is 4.53. The van der Waals surface area contributed by atoms with E-state index in [2.05, 4.69) is 219 Å². The van der Waals surface area contributed by atoms with Crippen molar-refractivity contribution in [1.82, 2.24) is 0 Å². The van der Waals surface area contributed by atoms with Crippen molar-refractivity contribution in [2.24, 2.45) is 0 Å². The van der Waals surface area contributed by atoms with Crippen LogP contribution in [0.25, 0.3) is 56.0 Å². The lowest BCUT2D eigenvalue weighted by Crippen LogP contribution is -2.25. The fraction of sp³-hybridized carbons (Fsp3) is 0.0714. The summed E-state index contributed by atoms with van der Waals surface area (Å²) < 4.78 is 0. The van der Waals surface area contributed by atoms with Gasteiger partial charge in [-0.2, -0.15) is 0 Å². The third-order valence-electron chi connectivity index (χ3n) is 13.2. The first kappa shape index (κ1) is 32.3. The molecule has 0 heterocycles. The van der Waals surface area contributed by atoms with Crippen LogP contribution in [-0.4, -0.2) is 0 Å². The summed E-state index contributed by atoms with van der Waals surface area (Å²) >= 11 is 0. The summed E-state index contributed by atoms with van der Waals surface area (Å²) in [4.78, 5) is 2.39. The van der Waals surface area contributed by atoms with Crippen LogP contribution >= 0.6 is 0 Å². The number of nitrogens with zero attached hydrogens (tertiary/aromatic N) is 1. The molecular formula is C56H39N. The minimum Gasteiger partial charge on any atom is -0.310 e. The minimum atomic E-state index is -0.348. The van der Waals surface area contributed by atoms with Gasteiger partial charge in [0.2, 0.25) is 0 Å². The van der Waals surface area contributed by atoms with E-state index >= 15 is 0 Å². The van der Waals surface area contributed by atoms with Gasteiger partial charge in [-0.25, -0.2) is 0 Å². The summed E-state index contributed by atoms with van der Waals surface area (Å²) in [7, 11) is 0. The Hall–Kier alpha value is -6.96. The van der Waals surface area contributed by atoms with Gasteiger partial charge in [0.1, 0.15) is 0 Å². The van der Waals surface area contributed by atoms with Crippen molar-refractivity contribution < 1.29 is 0 Å². The molecule has 268 valence electrons. The van der Waals surface area contributed by atoms with Crippen molar-refractivity contribution in [3.05, 3.63) is 233 Å². The molecule has 0 aromatic heterocycles. The van der Waals surface area contributed by atoms with Crippen LogP contribution in [-0.2, 0) is 10.8 Å². The van der Waals surface area contributed by atoms with Crippen molar-refractivity contribution in [3.63, 3.8) is 0 Å². The number of hydrogen-bond donors (Lipinski definition) is 0. The van der Waals surface area contributed by atoms with Crippen LogP contribution in [0.3, 0.4) is 0 Å². The Kier molecular flexibility index (Phi) is 6.67. The van der Waals surface area contributed by atoms with Gasteiger partial charge in [-0.15, -0.1) is 0 Å². The number of para-hydroxylation sites is 1. The molecule has 0 atom stereocenters. The Morgan fingerprint density at radius 1 is 0.351 bits per heavy atom. The van der Waals surface area contributed by atoms with Crippen LogP contribution in [0, 0.1) is 0 Å². The quantitative estimate of drug-likeness (QED) is 0.126. The number of rotatable bonds is 5. The van der Waals surface area contributed by atoms with E-state index in [0.717, 1.165) is 17.1 Å². The smallest absolute Gasteiger partial charge is 0.0725 e. The normalized spacial score (nSPS) is 14.7. The highest BCUT2D eigenvalue weighted by Crippen LogP contribution is 2.63. The number of anilines is 3. The van der Waals surface area contributed by atoms with E-state index < -0.39 is 0 Å². The fourth-order valence-corrected chi connectivity index (χ4v) is 10.7. The Bertz CT molecular complexity index is 3100. The van der Waals surface area contributed by atoms with Crippen LogP contribution in [0.4, 0.5) is 17.1 Å². The lowest BCUT2D eigenvalue weighted by Gasteiger charge is -2.31. The summed E-state index contributed by atoms with van der Waals surface area (Å²) in [6.45, 7) is 4.73. The highest BCUT2D eigenvalue weighted by atomic mass is 15.1. The summed E-state index contributed by atoms with van der Waals surface area (Å²) in [5.74, 6) is 0. The SMILES string of the molecule is CC1(C)c2cccc3ccc4cc(C=Cc5ccc(N(c6ccccc6)c6ccc7c(c6)-c6ccccc6C76c7ccccc7-c7ccccc76)cc5)cc1c4c23. The molecule has 3 aliphatic carbocycles. The maximum absolute atomic E-state index is 2.42. The predicted molar refractivity (Wildman–Crippen MR) is 240 cm³/mol. The molecule has 0 aliphatic heterocycles. The first-order valence-electron chi connectivity index (χ1n) is 20.1. The van der Waals surface area contributed by atoms with Crippen LogP contribution in [0.2, 0.25) is 0 Å². The van der Waals surface area contributed by atoms with Gasteiger partial charge in [0, 0.05) is 22.5 Å². The molecular weight excluding hydrogens is 687 g/mol. The predicted octanol–water partition coefficient (Wildman–Crippen LogP) is 14.6. The molecule has 1 heteroatoms. The zero-order chi connectivity index (χ0) is 37.9. The molecule has 1 nitrogen and oxygen atoms in total. The molecule has 12 rings (SSSR count). The number of fused-ring (bicyclic) bond motifs is 10. The second-order valence-electron chi connectivity index (χ2n) is 16.5. The molecule has 0 saturated heterocycles. The van der Waals surface area contributed by atoms with E-state index in [1.165, 1.54) is 88.3 Å². The Morgan fingerprint density at radius 2 is 0.877 bits per heavy atom. The second-order valence-corrected chi connectivity index (χ2v) is 16.5. The van der Waals surface area contributed by atoms with Crippen molar-refractivity contribution in [2.45, 2.75) is 24.7 Å².